The fraction of sp³-hybridized carbons (Fsp3) is 0.556. The lowest BCUT2D eigenvalue weighted by atomic mass is 9.89. The number of esters is 1. The van der Waals surface area contributed by atoms with Crippen molar-refractivity contribution in [2.75, 3.05) is 6.61 Å². The van der Waals surface area contributed by atoms with E-state index in [0.29, 0.717) is 19.8 Å². The summed E-state index contributed by atoms with van der Waals surface area (Å²) < 4.78 is 97.2. The molecule has 4 nitrogen and oxygen atoms in total. The fourth-order valence-corrected chi connectivity index (χ4v) is 2.29. The lowest BCUT2D eigenvalue weighted by Crippen LogP contribution is -2.61. The number of benzene rings is 1. The summed E-state index contributed by atoms with van der Waals surface area (Å²) >= 11 is 0. The molecule has 0 aliphatic rings. The Morgan fingerprint density at radius 2 is 1.59 bits per heavy atom. The van der Waals surface area contributed by atoms with Crippen LogP contribution in [0.4, 0.5) is 30.7 Å². The van der Waals surface area contributed by atoms with Crippen molar-refractivity contribution in [2.45, 2.75) is 50.8 Å². The maximum absolute atomic E-state index is 14.1. The number of carbonyl (C=O) groups is 2. The summed E-state index contributed by atoms with van der Waals surface area (Å²) in [6.07, 6.45) is -5.73. The van der Waals surface area contributed by atoms with Gasteiger partial charge in [0.05, 0.1) is 12.5 Å². The number of hydrogen-bond donors (Lipinski definition) is 1. The molecule has 1 rings (SSSR count). The Morgan fingerprint density at radius 3 is 2.07 bits per heavy atom. The Kier molecular flexibility index (Phi) is 8.05. The van der Waals surface area contributed by atoms with Crippen molar-refractivity contribution in [1.29, 1.82) is 0 Å². The zero-order chi connectivity index (χ0) is 22.5. The van der Waals surface area contributed by atoms with Gasteiger partial charge in [0, 0.05) is 5.56 Å². The largest absolute Gasteiger partial charge is 0.464 e. The molecular formula is C18H20F7NO3. The van der Waals surface area contributed by atoms with Crippen LogP contribution in [-0.2, 0) is 9.53 Å². The normalized spacial score (nSPS) is 14.8. The highest BCUT2D eigenvalue weighted by Gasteiger charge is 2.75. The standard InChI is InChI=1S/C18H20F7NO3/c1-3-4-10-29-15(28)13(26-14(27)12-8-6-5-7-9-12)11(2)16(19,20)17(21,22)18(23,24)25/h5-9,11,13H,3-4,10H2,1-2H3,(H,26,27). The average Bonchev–Trinajstić information content (AvgIpc) is 2.65. The van der Waals surface area contributed by atoms with E-state index in [2.05, 4.69) is 4.74 Å². The Bertz CT molecular complexity index is 692. The molecule has 1 aromatic rings. The first kappa shape index (κ1) is 24.7. The minimum Gasteiger partial charge on any atom is -0.464 e. The quantitative estimate of drug-likeness (QED) is 0.353. The third kappa shape index (κ3) is 5.60. The van der Waals surface area contributed by atoms with E-state index in [9.17, 15) is 40.3 Å². The van der Waals surface area contributed by atoms with Crippen LogP contribution in [0.25, 0.3) is 0 Å². The molecule has 0 bridgehead atoms. The Hall–Kier alpha value is -2.33. The molecule has 29 heavy (non-hydrogen) atoms. The van der Waals surface area contributed by atoms with Crippen LogP contribution in [-0.4, -0.2) is 42.5 Å². The van der Waals surface area contributed by atoms with Crippen molar-refractivity contribution >= 4 is 11.9 Å². The molecule has 164 valence electrons. The van der Waals surface area contributed by atoms with Gasteiger partial charge in [-0.3, -0.25) is 4.79 Å². The fourth-order valence-electron chi connectivity index (χ4n) is 2.29. The Morgan fingerprint density at radius 1 is 1.03 bits per heavy atom. The average molecular weight is 431 g/mol. The van der Waals surface area contributed by atoms with Crippen molar-refractivity contribution in [1.82, 2.24) is 5.32 Å². The molecule has 0 saturated heterocycles. The van der Waals surface area contributed by atoms with Gasteiger partial charge in [0.15, 0.2) is 0 Å². The van der Waals surface area contributed by atoms with Crippen molar-refractivity contribution in [3.63, 3.8) is 0 Å². The van der Waals surface area contributed by atoms with Crippen LogP contribution >= 0.6 is 0 Å². The Balaban J connectivity index is 3.21. The molecule has 1 aromatic carbocycles. The van der Waals surface area contributed by atoms with Crippen LogP contribution in [0, 0.1) is 5.92 Å². The number of hydrogen-bond acceptors (Lipinski definition) is 3. The topological polar surface area (TPSA) is 55.4 Å². The van der Waals surface area contributed by atoms with Crippen molar-refractivity contribution < 1.29 is 45.1 Å². The second-order valence-electron chi connectivity index (χ2n) is 6.32. The van der Waals surface area contributed by atoms with Gasteiger partial charge in [-0.2, -0.15) is 30.7 Å². The SMILES string of the molecule is CCCCOC(=O)C(NC(=O)c1ccccc1)C(C)C(F)(F)C(F)(F)C(F)(F)F. The highest BCUT2D eigenvalue weighted by molar-refractivity contribution is 5.96. The molecule has 0 saturated carbocycles. The second-order valence-corrected chi connectivity index (χ2v) is 6.32. The monoisotopic (exact) mass is 431 g/mol. The first-order chi connectivity index (χ1) is 13.3. The molecule has 2 unspecified atom stereocenters. The van der Waals surface area contributed by atoms with Crippen molar-refractivity contribution in [3.05, 3.63) is 35.9 Å². The van der Waals surface area contributed by atoms with E-state index in [4.69, 9.17) is 0 Å². The summed E-state index contributed by atoms with van der Waals surface area (Å²) in [5.41, 5.74) is -0.114. The zero-order valence-electron chi connectivity index (χ0n) is 15.5. The Labute approximate surface area is 162 Å². The number of ether oxygens (including phenoxy) is 1. The van der Waals surface area contributed by atoms with Crippen LogP contribution in [0.15, 0.2) is 30.3 Å². The number of unbranched alkanes of at least 4 members (excludes halogenated alkanes) is 1. The van der Waals surface area contributed by atoms with Gasteiger partial charge in [-0.15, -0.1) is 0 Å². The van der Waals surface area contributed by atoms with E-state index < -0.39 is 41.9 Å². The van der Waals surface area contributed by atoms with Crippen LogP contribution in [0.2, 0.25) is 0 Å². The molecule has 0 spiro atoms. The number of carbonyl (C=O) groups excluding carboxylic acids is 2. The van der Waals surface area contributed by atoms with Crippen LogP contribution < -0.4 is 5.32 Å². The van der Waals surface area contributed by atoms with Gasteiger partial charge >= 0.3 is 24.0 Å². The van der Waals surface area contributed by atoms with Gasteiger partial charge in [0.2, 0.25) is 0 Å². The molecule has 1 N–H and O–H groups in total. The first-order valence-electron chi connectivity index (χ1n) is 8.62. The molecule has 0 aromatic heterocycles. The molecule has 0 radical (unpaired) electrons. The summed E-state index contributed by atoms with van der Waals surface area (Å²) in [7, 11) is 0. The lowest BCUT2D eigenvalue weighted by Gasteiger charge is -2.35. The van der Waals surface area contributed by atoms with Gasteiger partial charge in [0.25, 0.3) is 5.91 Å². The highest BCUT2D eigenvalue weighted by atomic mass is 19.4. The van der Waals surface area contributed by atoms with Gasteiger partial charge in [-0.25, -0.2) is 4.79 Å². The summed E-state index contributed by atoms with van der Waals surface area (Å²) in [5, 5.41) is 1.80. The third-order valence-electron chi connectivity index (χ3n) is 4.17. The summed E-state index contributed by atoms with van der Waals surface area (Å²) in [4.78, 5) is 24.3. The molecular weight excluding hydrogens is 411 g/mol. The minimum atomic E-state index is -6.56. The van der Waals surface area contributed by atoms with E-state index in [-0.39, 0.29) is 12.2 Å². The summed E-state index contributed by atoms with van der Waals surface area (Å²) in [6, 6.07) is 4.36. The minimum absolute atomic E-state index is 0.114. The maximum Gasteiger partial charge on any atom is 0.459 e. The number of alkyl halides is 7. The van der Waals surface area contributed by atoms with Gasteiger partial charge in [-0.1, -0.05) is 38.5 Å². The molecule has 0 aliphatic heterocycles. The predicted molar refractivity (Wildman–Crippen MR) is 88.7 cm³/mol. The summed E-state index contributed by atoms with van der Waals surface area (Å²) in [6.45, 7) is 1.75. The van der Waals surface area contributed by atoms with E-state index in [1.807, 2.05) is 0 Å². The first-order valence-corrected chi connectivity index (χ1v) is 8.62. The zero-order valence-corrected chi connectivity index (χ0v) is 15.5. The molecule has 0 heterocycles. The number of nitrogens with one attached hydrogen (secondary N) is 1. The van der Waals surface area contributed by atoms with Crippen LogP contribution in [0.1, 0.15) is 37.0 Å². The second kappa shape index (κ2) is 9.45. The van der Waals surface area contributed by atoms with Crippen molar-refractivity contribution in [3.8, 4) is 0 Å². The van der Waals surface area contributed by atoms with Crippen LogP contribution in [0.3, 0.4) is 0 Å². The molecule has 1 amide bonds. The lowest BCUT2D eigenvalue weighted by molar-refractivity contribution is -0.365. The van der Waals surface area contributed by atoms with Crippen LogP contribution in [0.5, 0.6) is 0 Å². The molecule has 11 heteroatoms. The van der Waals surface area contributed by atoms with E-state index in [1.54, 1.807) is 12.2 Å². The predicted octanol–water partition coefficient (Wildman–Crippen LogP) is 4.60. The third-order valence-corrected chi connectivity index (χ3v) is 4.17. The number of halogens is 7. The smallest absolute Gasteiger partial charge is 0.459 e. The molecule has 2 atom stereocenters. The van der Waals surface area contributed by atoms with E-state index >= 15 is 0 Å². The number of rotatable bonds is 9. The van der Waals surface area contributed by atoms with Gasteiger partial charge in [-0.05, 0) is 18.6 Å². The van der Waals surface area contributed by atoms with Gasteiger partial charge < -0.3 is 10.1 Å². The summed E-state index contributed by atoms with van der Waals surface area (Å²) in [5.74, 6) is -17.7. The maximum atomic E-state index is 14.1. The highest BCUT2D eigenvalue weighted by Crippen LogP contribution is 2.50. The molecule has 0 aliphatic carbocycles. The van der Waals surface area contributed by atoms with Crippen molar-refractivity contribution in [2.24, 2.45) is 5.92 Å². The van der Waals surface area contributed by atoms with Gasteiger partial charge in [0.1, 0.15) is 6.04 Å². The van der Waals surface area contributed by atoms with E-state index in [1.165, 1.54) is 30.3 Å². The molecule has 0 fully saturated rings. The van der Waals surface area contributed by atoms with E-state index in [0.717, 1.165) is 0 Å². The number of amides is 1.